The van der Waals surface area contributed by atoms with Gasteiger partial charge >= 0.3 is 0 Å². The molecule has 130 valence electrons. The molecule has 0 N–H and O–H groups in total. The van der Waals surface area contributed by atoms with Gasteiger partial charge in [0.1, 0.15) is 0 Å². The van der Waals surface area contributed by atoms with Crippen molar-refractivity contribution in [2.75, 3.05) is 31.1 Å². The summed E-state index contributed by atoms with van der Waals surface area (Å²) in [6.07, 6.45) is 12.0. The highest BCUT2D eigenvalue weighted by Crippen LogP contribution is 2.42. The van der Waals surface area contributed by atoms with E-state index in [-0.39, 0.29) is 5.41 Å². The fourth-order valence-electron chi connectivity index (χ4n) is 4.72. The van der Waals surface area contributed by atoms with Crippen LogP contribution >= 0.6 is 0 Å². The van der Waals surface area contributed by atoms with Crippen molar-refractivity contribution in [2.24, 2.45) is 11.3 Å². The molecule has 5 heteroatoms. The Morgan fingerprint density at radius 1 is 1.08 bits per heavy atom. The second kappa shape index (κ2) is 6.34. The lowest BCUT2D eigenvalue weighted by Gasteiger charge is -2.38. The number of rotatable bonds is 3. The molecule has 2 saturated heterocycles. The summed E-state index contributed by atoms with van der Waals surface area (Å²) in [5.41, 5.74) is 0.987. The molecule has 0 radical (unpaired) electrons. The van der Waals surface area contributed by atoms with E-state index in [4.69, 9.17) is 0 Å². The van der Waals surface area contributed by atoms with Crippen molar-refractivity contribution in [1.82, 2.24) is 14.9 Å². The number of nitrogens with zero attached hydrogens (tertiary/aromatic N) is 4. The van der Waals surface area contributed by atoms with E-state index in [1.54, 1.807) is 0 Å². The minimum Gasteiger partial charge on any atom is -0.342 e. The molecule has 0 bridgehead atoms. The van der Waals surface area contributed by atoms with Crippen LogP contribution in [0.5, 0.6) is 0 Å². The van der Waals surface area contributed by atoms with E-state index in [0.717, 1.165) is 62.9 Å². The third kappa shape index (κ3) is 2.89. The van der Waals surface area contributed by atoms with Gasteiger partial charge in [0.25, 0.3) is 0 Å². The normalized spacial score (nSPS) is 24.3. The van der Waals surface area contributed by atoms with Gasteiger partial charge in [0.15, 0.2) is 0 Å². The first kappa shape index (κ1) is 15.9. The van der Waals surface area contributed by atoms with Crippen molar-refractivity contribution >= 4 is 11.9 Å². The molecular weight excluding hydrogens is 300 g/mol. The van der Waals surface area contributed by atoms with Gasteiger partial charge in [0.2, 0.25) is 11.9 Å². The molecule has 0 unspecified atom stereocenters. The largest absolute Gasteiger partial charge is 0.342 e. The molecule has 1 aromatic heterocycles. The smallest absolute Gasteiger partial charge is 0.229 e. The van der Waals surface area contributed by atoms with E-state index in [9.17, 15) is 4.79 Å². The molecule has 1 aromatic rings. The Labute approximate surface area is 144 Å². The highest BCUT2D eigenvalue weighted by atomic mass is 16.2. The molecule has 1 saturated carbocycles. The first-order valence-corrected chi connectivity index (χ1v) is 9.49. The maximum atomic E-state index is 13.0. The maximum absolute atomic E-state index is 13.0. The summed E-state index contributed by atoms with van der Waals surface area (Å²) in [5, 5.41) is 0. The van der Waals surface area contributed by atoms with E-state index < -0.39 is 0 Å². The number of aryl methyl sites for hydroxylation is 1. The molecule has 1 amide bonds. The molecule has 1 spiro atoms. The summed E-state index contributed by atoms with van der Waals surface area (Å²) in [4.78, 5) is 26.3. The van der Waals surface area contributed by atoms with E-state index in [0.29, 0.717) is 5.91 Å². The summed E-state index contributed by atoms with van der Waals surface area (Å²) in [5.74, 6) is 1.99. The molecular formula is C19H28N4O. The molecule has 5 nitrogen and oxygen atoms in total. The van der Waals surface area contributed by atoms with E-state index >= 15 is 0 Å². The molecule has 0 atom stereocenters. The SMILES string of the molecule is Cc1cnc(N2CCC3(CCN(CC4CCCC4)C3=O)CC2)nc1. The Balaban J connectivity index is 1.37. The first-order chi connectivity index (χ1) is 11.7. The lowest BCUT2D eigenvalue weighted by atomic mass is 9.77. The molecule has 0 aromatic carbocycles. The number of piperidine rings is 1. The molecule has 3 fully saturated rings. The molecule has 1 aliphatic carbocycles. The van der Waals surface area contributed by atoms with Crippen molar-refractivity contribution in [2.45, 2.75) is 51.9 Å². The zero-order valence-electron chi connectivity index (χ0n) is 14.7. The number of hydrogen-bond acceptors (Lipinski definition) is 4. The predicted molar refractivity (Wildman–Crippen MR) is 93.8 cm³/mol. The average Bonchev–Trinajstić information content (AvgIpc) is 3.21. The number of carbonyl (C=O) groups excluding carboxylic acids is 1. The zero-order chi connectivity index (χ0) is 16.6. The van der Waals surface area contributed by atoms with E-state index in [2.05, 4.69) is 19.8 Å². The number of likely N-dealkylation sites (tertiary alicyclic amines) is 1. The molecule has 4 rings (SSSR count). The Morgan fingerprint density at radius 3 is 2.38 bits per heavy atom. The van der Waals surface area contributed by atoms with Gasteiger partial charge in [-0.15, -0.1) is 0 Å². The second-order valence-electron chi connectivity index (χ2n) is 7.98. The van der Waals surface area contributed by atoms with Crippen molar-refractivity contribution in [3.63, 3.8) is 0 Å². The highest BCUT2D eigenvalue weighted by molar-refractivity contribution is 5.85. The van der Waals surface area contributed by atoms with Gasteiger partial charge in [-0.2, -0.15) is 0 Å². The van der Waals surface area contributed by atoms with Crippen molar-refractivity contribution < 1.29 is 4.79 Å². The zero-order valence-corrected chi connectivity index (χ0v) is 14.7. The Bertz CT molecular complexity index is 586. The lowest BCUT2D eigenvalue weighted by Crippen LogP contribution is -2.45. The van der Waals surface area contributed by atoms with Crippen LogP contribution in [0.1, 0.15) is 50.5 Å². The fourth-order valence-corrected chi connectivity index (χ4v) is 4.72. The number of amides is 1. The van der Waals surface area contributed by atoms with Gasteiger partial charge in [0.05, 0.1) is 5.41 Å². The van der Waals surface area contributed by atoms with Gasteiger partial charge < -0.3 is 9.80 Å². The van der Waals surface area contributed by atoms with Gasteiger partial charge in [-0.1, -0.05) is 12.8 Å². The van der Waals surface area contributed by atoms with Gasteiger partial charge in [0, 0.05) is 38.6 Å². The van der Waals surface area contributed by atoms with Crippen LogP contribution in [0.3, 0.4) is 0 Å². The fraction of sp³-hybridized carbons (Fsp3) is 0.737. The van der Waals surface area contributed by atoms with Crippen molar-refractivity contribution in [3.05, 3.63) is 18.0 Å². The molecule has 3 aliphatic rings. The average molecular weight is 328 g/mol. The van der Waals surface area contributed by atoms with Gasteiger partial charge in [-0.25, -0.2) is 9.97 Å². The molecule has 24 heavy (non-hydrogen) atoms. The first-order valence-electron chi connectivity index (χ1n) is 9.49. The van der Waals surface area contributed by atoms with E-state index in [1.165, 1.54) is 25.7 Å². The van der Waals surface area contributed by atoms with Crippen LogP contribution in [-0.4, -0.2) is 47.0 Å². The maximum Gasteiger partial charge on any atom is 0.229 e. The van der Waals surface area contributed by atoms with Crippen molar-refractivity contribution in [3.8, 4) is 0 Å². The monoisotopic (exact) mass is 328 g/mol. The number of anilines is 1. The number of aromatic nitrogens is 2. The van der Waals surface area contributed by atoms with Crippen LogP contribution in [0.15, 0.2) is 12.4 Å². The van der Waals surface area contributed by atoms with Crippen LogP contribution in [0, 0.1) is 18.3 Å². The second-order valence-corrected chi connectivity index (χ2v) is 7.98. The third-order valence-corrected chi connectivity index (χ3v) is 6.33. The van der Waals surface area contributed by atoms with Crippen LogP contribution in [-0.2, 0) is 4.79 Å². The lowest BCUT2D eigenvalue weighted by molar-refractivity contribution is -0.137. The molecule has 2 aliphatic heterocycles. The Morgan fingerprint density at radius 2 is 1.71 bits per heavy atom. The minimum atomic E-state index is -0.0974. The van der Waals surface area contributed by atoms with E-state index in [1.807, 2.05) is 19.3 Å². The minimum absolute atomic E-state index is 0.0974. The topological polar surface area (TPSA) is 49.3 Å². The standard InChI is InChI=1S/C19H28N4O/c1-15-12-20-18(21-13-15)22-9-6-19(7-10-22)8-11-23(17(19)24)14-16-4-2-3-5-16/h12-13,16H,2-11,14H2,1H3. The summed E-state index contributed by atoms with van der Waals surface area (Å²) < 4.78 is 0. The van der Waals surface area contributed by atoms with Gasteiger partial charge in [-0.05, 0) is 50.5 Å². The van der Waals surface area contributed by atoms with Crippen LogP contribution in [0.2, 0.25) is 0 Å². The van der Waals surface area contributed by atoms with Gasteiger partial charge in [-0.3, -0.25) is 4.79 Å². The summed E-state index contributed by atoms with van der Waals surface area (Å²) >= 11 is 0. The predicted octanol–water partition coefficient (Wildman–Crippen LogP) is 2.79. The summed E-state index contributed by atoms with van der Waals surface area (Å²) in [7, 11) is 0. The number of hydrogen-bond donors (Lipinski definition) is 0. The Hall–Kier alpha value is -1.65. The van der Waals surface area contributed by atoms with Crippen molar-refractivity contribution in [1.29, 1.82) is 0 Å². The van der Waals surface area contributed by atoms with Crippen LogP contribution in [0.25, 0.3) is 0 Å². The van der Waals surface area contributed by atoms with Crippen LogP contribution in [0.4, 0.5) is 5.95 Å². The number of carbonyl (C=O) groups is 1. The summed E-state index contributed by atoms with van der Waals surface area (Å²) in [6.45, 7) is 5.77. The third-order valence-electron chi connectivity index (χ3n) is 6.33. The summed E-state index contributed by atoms with van der Waals surface area (Å²) in [6, 6.07) is 0. The van der Waals surface area contributed by atoms with Crippen LogP contribution < -0.4 is 4.90 Å². The highest BCUT2D eigenvalue weighted by Gasteiger charge is 2.48. The quantitative estimate of drug-likeness (QED) is 0.856. The Kier molecular flexibility index (Phi) is 4.19. The molecule has 3 heterocycles.